The fourth-order valence-electron chi connectivity index (χ4n) is 1.62. The van der Waals surface area contributed by atoms with Gasteiger partial charge in [0.15, 0.2) is 0 Å². The number of hydrogen-bond acceptors (Lipinski definition) is 5. The van der Waals surface area contributed by atoms with Gasteiger partial charge in [0.2, 0.25) is 0 Å². The minimum Gasteiger partial charge on any atom is -0.489 e. The molecule has 0 heterocycles. The van der Waals surface area contributed by atoms with Crippen LogP contribution in [0.3, 0.4) is 0 Å². The average molecular weight is 259 g/mol. The van der Waals surface area contributed by atoms with Crippen molar-refractivity contribution in [3.63, 3.8) is 0 Å². The molecule has 0 aromatic heterocycles. The third-order valence-corrected chi connectivity index (χ3v) is 2.57. The number of benzene rings is 1. The maximum atomic E-state index is 9.81. The summed E-state index contributed by atoms with van der Waals surface area (Å²) in [4.78, 5) is 1.87. The first-order chi connectivity index (χ1) is 9.17. The maximum Gasteiger partial charge on any atom is 0.137 e. The molecule has 0 saturated carbocycles. The summed E-state index contributed by atoms with van der Waals surface area (Å²) < 4.78 is 5.43. The highest BCUT2D eigenvalue weighted by Crippen LogP contribution is 2.16. The lowest BCUT2D eigenvalue weighted by atomic mass is 10.2. The van der Waals surface area contributed by atoms with Crippen molar-refractivity contribution in [3.05, 3.63) is 29.8 Å². The van der Waals surface area contributed by atoms with E-state index in [0.717, 1.165) is 0 Å². The minimum atomic E-state index is -0.657. The van der Waals surface area contributed by atoms with Gasteiger partial charge in [0, 0.05) is 19.5 Å². The Bertz CT molecular complexity index is 476. The molecule has 0 aliphatic heterocycles. The van der Waals surface area contributed by atoms with E-state index in [1.54, 1.807) is 24.3 Å². The Kier molecular flexibility index (Phi) is 6.38. The fourth-order valence-corrected chi connectivity index (χ4v) is 1.62. The van der Waals surface area contributed by atoms with Gasteiger partial charge >= 0.3 is 0 Å². The smallest absolute Gasteiger partial charge is 0.137 e. The normalized spacial score (nSPS) is 11.6. The summed E-state index contributed by atoms with van der Waals surface area (Å²) in [6.45, 7) is 1.16. The Hall–Kier alpha value is -2.08. The number of nitrogens with zero attached hydrogens (tertiary/aromatic N) is 3. The van der Waals surface area contributed by atoms with E-state index in [1.807, 2.05) is 18.0 Å². The molecule has 0 aliphatic carbocycles. The van der Waals surface area contributed by atoms with E-state index in [9.17, 15) is 5.11 Å². The number of hydrogen-bond donors (Lipinski definition) is 1. The molecule has 5 heteroatoms. The van der Waals surface area contributed by atoms with Crippen LogP contribution in [0.5, 0.6) is 5.75 Å². The average Bonchev–Trinajstić information content (AvgIpc) is 2.43. The Balaban J connectivity index is 2.40. The molecule has 0 aliphatic rings. The lowest BCUT2D eigenvalue weighted by Crippen LogP contribution is -2.33. The van der Waals surface area contributed by atoms with Crippen LogP contribution in [0, 0.1) is 22.7 Å². The third kappa shape index (κ3) is 5.39. The molecule has 100 valence electrons. The van der Waals surface area contributed by atoms with Gasteiger partial charge in [0.05, 0.1) is 11.6 Å². The zero-order chi connectivity index (χ0) is 14.1. The number of para-hydroxylation sites is 1. The molecule has 1 atom stereocenters. The van der Waals surface area contributed by atoms with Crippen molar-refractivity contribution in [1.29, 1.82) is 10.5 Å². The molecule has 19 heavy (non-hydrogen) atoms. The third-order valence-electron chi connectivity index (χ3n) is 2.57. The van der Waals surface area contributed by atoms with Gasteiger partial charge in [-0.05, 0) is 19.2 Å². The summed E-state index contributed by atoms with van der Waals surface area (Å²) in [6, 6.07) is 11.0. The van der Waals surface area contributed by atoms with Gasteiger partial charge in [0.1, 0.15) is 24.5 Å². The SMILES string of the molecule is CN(CCC#N)CC(O)COc1ccccc1C#N. The van der Waals surface area contributed by atoms with Crippen molar-refractivity contribution in [2.24, 2.45) is 0 Å². The van der Waals surface area contributed by atoms with Gasteiger partial charge < -0.3 is 14.7 Å². The molecule has 0 saturated heterocycles. The van der Waals surface area contributed by atoms with Crippen molar-refractivity contribution in [2.75, 3.05) is 26.7 Å². The number of aliphatic hydroxyl groups is 1. The van der Waals surface area contributed by atoms with E-state index >= 15 is 0 Å². The first kappa shape index (κ1) is 15.0. The molecule has 0 radical (unpaired) electrons. The number of likely N-dealkylation sites (N-methyl/N-ethyl adjacent to an activating group) is 1. The molecule has 1 aromatic carbocycles. The summed E-state index contributed by atoms with van der Waals surface area (Å²) in [7, 11) is 1.84. The molecule has 0 fully saturated rings. The predicted octanol–water partition coefficient (Wildman–Crippen LogP) is 1.14. The number of nitriles is 2. The van der Waals surface area contributed by atoms with Crippen LogP contribution in [0.4, 0.5) is 0 Å². The van der Waals surface area contributed by atoms with Crippen LogP contribution < -0.4 is 4.74 Å². The topological polar surface area (TPSA) is 80.3 Å². The molecule has 5 nitrogen and oxygen atoms in total. The summed E-state index contributed by atoms with van der Waals surface area (Å²) in [5, 5.41) is 27.2. The van der Waals surface area contributed by atoms with E-state index in [4.69, 9.17) is 15.3 Å². The van der Waals surface area contributed by atoms with Gasteiger partial charge in [-0.25, -0.2) is 0 Å². The van der Waals surface area contributed by atoms with E-state index in [2.05, 4.69) is 6.07 Å². The van der Waals surface area contributed by atoms with Crippen LogP contribution in [-0.4, -0.2) is 42.9 Å². The summed E-state index contributed by atoms with van der Waals surface area (Å²) in [6.07, 6.45) is -0.225. The standard InChI is InChI=1S/C14H17N3O2/c1-17(8-4-7-15)10-13(18)11-19-14-6-3-2-5-12(14)9-16/h2-3,5-6,13,18H,4,8,10-11H2,1H3. The zero-order valence-electron chi connectivity index (χ0n) is 10.9. The van der Waals surface area contributed by atoms with Crippen LogP contribution in [-0.2, 0) is 0 Å². The van der Waals surface area contributed by atoms with Gasteiger partial charge in [0.25, 0.3) is 0 Å². The maximum absolute atomic E-state index is 9.81. The quantitative estimate of drug-likeness (QED) is 0.794. The lowest BCUT2D eigenvalue weighted by Gasteiger charge is -2.19. The van der Waals surface area contributed by atoms with Crippen LogP contribution in [0.1, 0.15) is 12.0 Å². The Morgan fingerprint density at radius 1 is 1.37 bits per heavy atom. The first-order valence-corrected chi connectivity index (χ1v) is 6.03. The van der Waals surface area contributed by atoms with Crippen molar-refractivity contribution in [3.8, 4) is 17.9 Å². The van der Waals surface area contributed by atoms with Crippen molar-refractivity contribution < 1.29 is 9.84 Å². The largest absolute Gasteiger partial charge is 0.489 e. The number of aliphatic hydroxyl groups excluding tert-OH is 1. The Labute approximate surface area is 113 Å². The minimum absolute atomic E-state index is 0.121. The molecule has 1 aromatic rings. The molecule has 0 bridgehead atoms. The summed E-state index contributed by atoms with van der Waals surface area (Å²) in [5.74, 6) is 0.476. The van der Waals surface area contributed by atoms with Gasteiger partial charge in [-0.15, -0.1) is 0 Å². The second-order valence-corrected chi connectivity index (χ2v) is 4.24. The van der Waals surface area contributed by atoms with E-state index < -0.39 is 6.10 Å². The highest BCUT2D eigenvalue weighted by Gasteiger charge is 2.10. The van der Waals surface area contributed by atoms with E-state index in [-0.39, 0.29) is 6.61 Å². The first-order valence-electron chi connectivity index (χ1n) is 6.03. The highest BCUT2D eigenvalue weighted by atomic mass is 16.5. The monoisotopic (exact) mass is 259 g/mol. The Morgan fingerprint density at radius 2 is 2.11 bits per heavy atom. The van der Waals surface area contributed by atoms with Crippen LogP contribution >= 0.6 is 0 Å². The van der Waals surface area contributed by atoms with Crippen molar-refractivity contribution in [1.82, 2.24) is 4.90 Å². The zero-order valence-corrected chi connectivity index (χ0v) is 10.9. The van der Waals surface area contributed by atoms with Gasteiger partial charge in [-0.1, -0.05) is 12.1 Å². The second-order valence-electron chi connectivity index (χ2n) is 4.24. The van der Waals surface area contributed by atoms with Crippen molar-refractivity contribution in [2.45, 2.75) is 12.5 Å². The van der Waals surface area contributed by atoms with Gasteiger partial charge in [-0.2, -0.15) is 10.5 Å². The lowest BCUT2D eigenvalue weighted by molar-refractivity contribution is 0.0768. The fraction of sp³-hybridized carbons (Fsp3) is 0.429. The predicted molar refractivity (Wildman–Crippen MR) is 70.4 cm³/mol. The molecule has 0 amide bonds. The Morgan fingerprint density at radius 3 is 2.79 bits per heavy atom. The molecular formula is C14H17N3O2. The van der Waals surface area contributed by atoms with Gasteiger partial charge in [-0.3, -0.25) is 0 Å². The highest BCUT2D eigenvalue weighted by molar-refractivity contribution is 5.42. The molecular weight excluding hydrogens is 242 g/mol. The summed E-state index contributed by atoms with van der Waals surface area (Å²) >= 11 is 0. The second kappa shape index (κ2) is 8.10. The van der Waals surface area contributed by atoms with Crippen molar-refractivity contribution >= 4 is 0 Å². The van der Waals surface area contributed by atoms with E-state index in [0.29, 0.717) is 30.8 Å². The molecule has 0 spiro atoms. The van der Waals surface area contributed by atoms with Crippen LogP contribution in [0.15, 0.2) is 24.3 Å². The molecule has 1 rings (SSSR count). The molecule has 1 unspecified atom stereocenters. The summed E-state index contributed by atoms with van der Waals surface area (Å²) in [5.41, 5.74) is 0.451. The number of ether oxygens (including phenoxy) is 1. The van der Waals surface area contributed by atoms with E-state index in [1.165, 1.54) is 0 Å². The number of rotatable bonds is 7. The van der Waals surface area contributed by atoms with Crippen LogP contribution in [0.2, 0.25) is 0 Å². The van der Waals surface area contributed by atoms with Crippen LogP contribution in [0.25, 0.3) is 0 Å². The molecule has 1 N–H and O–H groups in total.